The maximum absolute atomic E-state index is 5.89. The summed E-state index contributed by atoms with van der Waals surface area (Å²) in [6.45, 7) is 5.28. The number of pyridine rings is 1. The van der Waals surface area contributed by atoms with Crippen LogP contribution in [-0.2, 0) is 11.2 Å². The van der Waals surface area contributed by atoms with E-state index in [-0.39, 0.29) is 12.1 Å². The molecule has 1 N–H and O–H groups in total. The first-order valence-electron chi connectivity index (χ1n) is 11.5. The van der Waals surface area contributed by atoms with Crippen LogP contribution in [0.5, 0.6) is 6.01 Å². The summed E-state index contributed by atoms with van der Waals surface area (Å²) in [6, 6.07) is 16.0. The van der Waals surface area contributed by atoms with Gasteiger partial charge < -0.3 is 19.4 Å². The molecule has 0 radical (unpaired) electrons. The van der Waals surface area contributed by atoms with Crippen molar-refractivity contribution in [1.29, 1.82) is 0 Å². The number of ether oxygens (including phenoxy) is 2. The summed E-state index contributed by atoms with van der Waals surface area (Å²) in [5.74, 6) is 1.23. The number of nitrogens with zero attached hydrogens (tertiary/aromatic N) is 6. The first-order chi connectivity index (χ1) is 16.8. The Hall–Kier alpha value is -3.85. The van der Waals surface area contributed by atoms with Gasteiger partial charge in [0.25, 0.3) is 0 Å². The molecule has 1 aliphatic rings. The number of aromatic nitrogens is 4. The fourth-order valence-corrected chi connectivity index (χ4v) is 3.91. The van der Waals surface area contributed by atoms with E-state index in [1.54, 1.807) is 6.20 Å². The van der Waals surface area contributed by atoms with Crippen LogP contribution < -0.4 is 9.64 Å². The van der Waals surface area contributed by atoms with Gasteiger partial charge in [0, 0.05) is 60.1 Å². The zero-order valence-corrected chi connectivity index (χ0v) is 19.1. The molecule has 1 saturated heterocycles. The topological polar surface area (TPSA) is 101 Å². The SMILES string of the molecule is CC(N=Nc1cc(N2CCOCC2)nc(OCCc2ccccn2)n1)c1c[nH]c2ccccc12. The molecule has 0 saturated carbocycles. The van der Waals surface area contributed by atoms with E-state index in [2.05, 4.69) is 47.2 Å². The molecular formula is C25H27N7O2. The van der Waals surface area contributed by atoms with Gasteiger partial charge in [0.15, 0.2) is 5.82 Å². The van der Waals surface area contributed by atoms with Gasteiger partial charge in [-0.15, -0.1) is 5.11 Å². The Morgan fingerprint density at radius 2 is 1.97 bits per heavy atom. The van der Waals surface area contributed by atoms with E-state index in [0.29, 0.717) is 32.1 Å². The third-order valence-electron chi connectivity index (χ3n) is 5.73. The van der Waals surface area contributed by atoms with Crippen molar-refractivity contribution in [3.05, 3.63) is 72.2 Å². The number of para-hydroxylation sites is 1. The van der Waals surface area contributed by atoms with Crippen LogP contribution in [0, 0.1) is 0 Å². The second kappa shape index (κ2) is 10.4. The lowest BCUT2D eigenvalue weighted by Crippen LogP contribution is -2.36. The lowest BCUT2D eigenvalue weighted by molar-refractivity contribution is 0.122. The lowest BCUT2D eigenvalue weighted by Gasteiger charge is -2.27. The Labute approximate surface area is 197 Å². The average Bonchev–Trinajstić information content (AvgIpc) is 3.33. The van der Waals surface area contributed by atoms with E-state index in [1.807, 2.05) is 49.5 Å². The maximum atomic E-state index is 5.89. The molecule has 0 spiro atoms. The van der Waals surface area contributed by atoms with Crippen LogP contribution in [0.25, 0.3) is 10.9 Å². The van der Waals surface area contributed by atoms with E-state index in [0.717, 1.165) is 41.1 Å². The number of nitrogens with one attached hydrogen (secondary N) is 1. The lowest BCUT2D eigenvalue weighted by atomic mass is 10.1. The van der Waals surface area contributed by atoms with E-state index in [1.165, 1.54) is 0 Å². The number of anilines is 1. The van der Waals surface area contributed by atoms with Crippen LogP contribution in [-0.4, -0.2) is 52.8 Å². The third kappa shape index (κ3) is 5.20. The molecule has 5 rings (SSSR count). The Morgan fingerprint density at radius 1 is 1.12 bits per heavy atom. The largest absolute Gasteiger partial charge is 0.463 e. The summed E-state index contributed by atoms with van der Waals surface area (Å²) in [6.07, 6.45) is 4.43. The van der Waals surface area contributed by atoms with E-state index < -0.39 is 0 Å². The van der Waals surface area contributed by atoms with Crippen molar-refractivity contribution >= 4 is 22.5 Å². The average molecular weight is 458 g/mol. The molecular weight excluding hydrogens is 430 g/mol. The van der Waals surface area contributed by atoms with Gasteiger partial charge in [-0.3, -0.25) is 4.98 Å². The minimum Gasteiger partial charge on any atom is -0.463 e. The van der Waals surface area contributed by atoms with Crippen LogP contribution in [0.2, 0.25) is 0 Å². The summed E-state index contributed by atoms with van der Waals surface area (Å²) in [5.41, 5.74) is 3.13. The Balaban J connectivity index is 1.35. The van der Waals surface area contributed by atoms with E-state index in [4.69, 9.17) is 9.47 Å². The summed E-state index contributed by atoms with van der Waals surface area (Å²) >= 11 is 0. The smallest absolute Gasteiger partial charge is 0.320 e. The Bertz CT molecular complexity index is 1250. The number of azo groups is 1. The van der Waals surface area contributed by atoms with Crippen molar-refractivity contribution in [3.8, 4) is 6.01 Å². The zero-order chi connectivity index (χ0) is 23.2. The predicted octanol–water partition coefficient (Wildman–Crippen LogP) is 4.66. The highest BCUT2D eigenvalue weighted by Crippen LogP contribution is 2.28. The third-order valence-corrected chi connectivity index (χ3v) is 5.73. The molecule has 3 aromatic heterocycles. The highest BCUT2D eigenvalue weighted by atomic mass is 16.5. The first-order valence-corrected chi connectivity index (χ1v) is 11.5. The molecule has 1 aromatic carbocycles. The minimum absolute atomic E-state index is 0.133. The number of morpholine rings is 1. The normalized spacial score (nSPS) is 15.1. The summed E-state index contributed by atoms with van der Waals surface area (Å²) < 4.78 is 11.4. The molecule has 1 unspecified atom stereocenters. The molecule has 9 nitrogen and oxygen atoms in total. The maximum Gasteiger partial charge on any atom is 0.320 e. The van der Waals surface area contributed by atoms with Crippen molar-refractivity contribution < 1.29 is 9.47 Å². The van der Waals surface area contributed by atoms with Crippen molar-refractivity contribution in [2.24, 2.45) is 10.2 Å². The molecule has 0 aliphatic carbocycles. The Kier molecular flexibility index (Phi) is 6.71. The molecule has 9 heteroatoms. The molecule has 1 fully saturated rings. The molecule has 0 bridgehead atoms. The van der Waals surface area contributed by atoms with Crippen molar-refractivity contribution in [1.82, 2.24) is 19.9 Å². The molecule has 4 aromatic rings. The molecule has 0 amide bonds. The fourth-order valence-electron chi connectivity index (χ4n) is 3.91. The van der Waals surface area contributed by atoms with Gasteiger partial charge >= 0.3 is 6.01 Å². The van der Waals surface area contributed by atoms with Crippen LogP contribution >= 0.6 is 0 Å². The number of benzene rings is 1. The summed E-state index contributed by atoms with van der Waals surface area (Å²) in [5, 5.41) is 10.2. The molecule has 4 heterocycles. The minimum atomic E-state index is -0.133. The molecule has 1 atom stereocenters. The van der Waals surface area contributed by atoms with Gasteiger partial charge in [0.05, 0.1) is 25.9 Å². The predicted molar refractivity (Wildman–Crippen MR) is 130 cm³/mol. The molecule has 34 heavy (non-hydrogen) atoms. The van der Waals surface area contributed by atoms with Crippen LogP contribution in [0.1, 0.15) is 24.2 Å². The van der Waals surface area contributed by atoms with Gasteiger partial charge in [-0.05, 0) is 25.1 Å². The van der Waals surface area contributed by atoms with Crippen molar-refractivity contribution in [2.45, 2.75) is 19.4 Å². The van der Waals surface area contributed by atoms with E-state index >= 15 is 0 Å². The zero-order valence-electron chi connectivity index (χ0n) is 19.1. The van der Waals surface area contributed by atoms with Crippen molar-refractivity contribution in [2.75, 3.05) is 37.8 Å². The van der Waals surface area contributed by atoms with Crippen LogP contribution in [0.4, 0.5) is 11.6 Å². The second-order valence-corrected chi connectivity index (χ2v) is 8.07. The van der Waals surface area contributed by atoms with Gasteiger partial charge in [0.2, 0.25) is 0 Å². The van der Waals surface area contributed by atoms with Crippen LogP contribution in [0.15, 0.2) is 71.2 Å². The summed E-state index contributed by atoms with van der Waals surface area (Å²) in [7, 11) is 0. The number of rotatable bonds is 8. The first kappa shape index (κ1) is 22.0. The van der Waals surface area contributed by atoms with Gasteiger partial charge in [-0.1, -0.05) is 24.3 Å². The van der Waals surface area contributed by atoms with Crippen molar-refractivity contribution in [3.63, 3.8) is 0 Å². The number of aromatic amines is 1. The number of fused-ring (bicyclic) bond motifs is 1. The van der Waals surface area contributed by atoms with E-state index in [9.17, 15) is 0 Å². The van der Waals surface area contributed by atoms with Gasteiger partial charge in [-0.2, -0.15) is 15.1 Å². The standard InChI is InChI=1S/C25H27N7O2/c1-18(21-17-27-22-8-3-2-7-20(21)22)30-31-23-16-24(32-11-14-33-15-12-32)29-25(28-23)34-13-9-19-6-4-5-10-26-19/h2-8,10,16-18,27H,9,11-15H2,1H3. The molecule has 174 valence electrons. The van der Waals surface area contributed by atoms with Crippen LogP contribution in [0.3, 0.4) is 0 Å². The molecule has 1 aliphatic heterocycles. The monoisotopic (exact) mass is 457 g/mol. The second-order valence-electron chi connectivity index (χ2n) is 8.07. The number of hydrogen-bond acceptors (Lipinski definition) is 8. The quantitative estimate of drug-likeness (QED) is 0.386. The Morgan fingerprint density at radius 3 is 2.82 bits per heavy atom. The highest BCUT2D eigenvalue weighted by Gasteiger charge is 2.16. The van der Waals surface area contributed by atoms with Gasteiger partial charge in [0.1, 0.15) is 5.82 Å². The highest BCUT2D eigenvalue weighted by molar-refractivity contribution is 5.83. The summed E-state index contributed by atoms with van der Waals surface area (Å²) in [4.78, 5) is 18.9. The number of hydrogen-bond donors (Lipinski definition) is 1. The fraction of sp³-hybridized carbons (Fsp3) is 0.320. The van der Waals surface area contributed by atoms with Gasteiger partial charge in [-0.25, -0.2) is 0 Å². The number of H-pyrrole nitrogens is 1.